The van der Waals surface area contributed by atoms with Crippen LogP contribution < -0.4 is 0 Å². The second kappa shape index (κ2) is 3.62. The number of allylic oxidation sites excluding steroid dienone is 1. The number of nitrogens with zero attached hydrogens (tertiary/aromatic N) is 1. The quantitative estimate of drug-likeness (QED) is 0.584. The molecule has 0 N–H and O–H groups in total. The van der Waals surface area contributed by atoms with E-state index in [1.165, 1.54) is 0 Å². The first kappa shape index (κ1) is 8.40. The number of carbonyl (C=O) groups excluding carboxylic acids is 1. The summed E-state index contributed by atoms with van der Waals surface area (Å²) in [4.78, 5) is 13.4. The summed E-state index contributed by atoms with van der Waals surface area (Å²) in [6, 6.07) is 0. The molecule has 0 aromatic carbocycles. The van der Waals surface area contributed by atoms with Crippen LogP contribution in [-0.2, 0) is 4.79 Å². The molecule has 1 heterocycles. The van der Waals surface area contributed by atoms with Gasteiger partial charge in [-0.15, -0.1) is 0 Å². The first-order valence-corrected chi connectivity index (χ1v) is 4.17. The van der Waals surface area contributed by atoms with Gasteiger partial charge >= 0.3 is 0 Å². The van der Waals surface area contributed by atoms with Crippen LogP contribution in [0.3, 0.4) is 0 Å². The Morgan fingerprint density at radius 2 is 2.45 bits per heavy atom. The molecule has 2 nitrogen and oxygen atoms in total. The van der Waals surface area contributed by atoms with Gasteiger partial charge in [0.1, 0.15) is 0 Å². The smallest absolute Gasteiger partial charge is 0.264 e. The zero-order valence-corrected chi connectivity index (χ0v) is 7.36. The first-order chi connectivity index (χ1) is 5.25. The molecule has 1 amide bonds. The summed E-state index contributed by atoms with van der Waals surface area (Å²) in [7, 11) is 0. The maximum atomic E-state index is 11.1. The third-order valence-corrected chi connectivity index (χ3v) is 1.98. The summed E-state index contributed by atoms with van der Waals surface area (Å²) in [5.41, 5.74) is 0. The normalized spacial score (nSPS) is 18.8. The number of thiocarbonyl (C=S) groups is 1. The molecule has 11 heavy (non-hydrogen) atoms. The molecule has 1 fully saturated rings. The molecule has 3 heteroatoms. The molecule has 0 saturated carbocycles. The van der Waals surface area contributed by atoms with E-state index in [1.54, 1.807) is 4.90 Å². The number of amides is 1. The van der Waals surface area contributed by atoms with Crippen LogP contribution in [0.1, 0.15) is 19.8 Å². The zero-order valence-electron chi connectivity index (χ0n) is 6.54. The van der Waals surface area contributed by atoms with Crippen molar-refractivity contribution < 1.29 is 4.79 Å². The Balaban J connectivity index is 2.55. The van der Waals surface area contributed by atoms with E-state index in [1.807, 2.05) is 19.2 Å². The van der Waals surface area contributed by atoms with Crippen molar-refractivity contribution in [2.24, 2.45) is 0 Å². The molecule has 0 unspecified atom stereocenters. The van der Waals surface area contributed by atoms with Crippen molar-refractivity contribution in [3.63, 3.8) is 0 Å². The van der Waals surface area contributed by atoms with Gasteiger partial charge in [0, 0.05) is 19.2 Å². The Morgan fingerprint density at radius 1 is 1.73 bits per heavy atom. The van der Waals surface area contributed by atoms with Gasteiger partial charge in [0.25, 0.3) is 5.91 Å². The standard InChI is InChI=1S/C8H11NOS/c1-2-3-5-9-6-4-7(11)8(9)10/h3,5H,2,4,6H2,1H3. The molecule has 0 bridgehead atoms. The average Bonchev–Trinajstić information content (AvgIpc) is 2.31. The van der Waals surface area contributed by atoms with Crippen molar-refractivity contribution in [2.75, 3.05) is 6.54 Å². The van der Waals surface area contributed by atoms with Crippen LogP contribution >= 0.6 is 12.2 Å². The van der Waals surface area contributed by atoms with Crippen LogP contribution in [0.15, 0.2) is 12.3 Å². The molecule has 60 valence electrons. The van der Waals surface area contributed by atoms with Crippen LogP contribution in [0.2, 0.25) is 0 Å². The first-order valence-electron chi connectivity index (χ1n) is 3.76. The highest BCUT2D eigenvalue weighted by Gasteiger charge is 2.23. The van der Waals surface area contributed by atoms with Gasteiger partial charge in [0.05, 0.1) is 4.86 Å². The molecule has 0 spiro atoms. The molecule has 1 aliphatic heterocycles. The van der Waals surface area contributed by atoms with Crippen LogP contribution in [0, 0.1) is 0 Å². The van der Waals surface area contributed by atoms with E-state index in [0.717, 1.165) is 19.4 Å². The maximum Gasteiger partial charge on any atom is 0.264 e. The van der Waals surface area contributed by atoms with E-state index in [9.17, 15) is 4.79 Å². The molecule has 1 aliphatic rings. The Kier molecular flexibility index (Phi) is 2.76. The average molecular weight is 169 g/mol. The summed E-state index contributed by atoms with van der Waals surface area (Å²) in [6.45, 7) is 2.80. The number of carbonyl (C=O) groups is 1. The van der Waals surface area contributed by atoms with Gasteiger partial charge in [0.15, 0.2) is 0 Å². The minimum Gasteiger partial charge on any atom is -0.315 e. The zero-order chi connectivity index (χ0) is 8.27. The monoisotopic (exact) mass is 169 g/mol. The van der Waals surface area contributed by atoms with Crippen LogP contribution in [0.4, 0.5) is 0 Å². The molecular weight excluding hydrogens is 158 g/mol. The molecule has 0 aromatic heterocycles. The van der Waals surface area contributed by atoms with Gasteiger partial charge in [-0.2, -0.15) is 0 Å². The third kappa shape index (κ3) is 1.87. The lowest BCUT2D eigenvalue weighted by atomic mass is 10.4. The number of hydrogen-bond donors (Lipinski definition) is 0. The van der Waals surface area contributed by atoms with Crippen LogP contribution in [0.25, 0.3) is 0 Å². The maximum absolute atomic E-state index is 11.1. The highest BCUT2D eigenvalue weighted by atomic mass is 32.1. The summed E-state index contributed by atoms with van der Waals surface area (Å²) >= 11 is 4.84. The highest BCUT2D eigenvalue weighted by molar-refractivity contribution is 7.82. The molecule has 0 atom stereocenters. The molecular formula is C8H11NOS. The minimum atomic E-state index is 0.00435. The van der Waals surface area contributed by atoms with Crippen molar-refractivity contribution in [3.8, 4) is 0 Å². The van der Waals surface area contributed by atoms with Gasteiger partial charge in [-0.25, -0.2) is 0 Å². The fourth-order valence-corrected chi connectivity index (χ4v) is 1.17. The second-order valence-electron chi connectivity index (χ2n) is 2.46. The van der Waals surface area contributed by atoms with Crippen molar-refractivity contribution in [2.45, 2.75) is 19.8 Å². The van der Waals surface area contributed by atoms with Crippen molar-refractivity contribution >= 4 is 23.0 Å². The summed E-state index contributed by atoms with van der Waals surface area (Å²) < 4.78 is 0. The van der Waals surface area contributed by atoms with E-state index >= 15 is 0 Å². The van der Waals surface area contributed by atoms with E-state index in [2.05, 4.69) is 0 Å². The lowest BCUT2D eigenvalue weighted by Crippen LogP contribution is -2.20. The number of hydrogen-bond acceptors (Lipinski definition) is 2. The van der Waals surface area contributed by atoms with E-state index in [-0.39, 0.29) is 5.91 Å². The second-order valence-corrected chi connectivity index (χ2v) is 2.96. The van der Waals surface area contributed by atoms with Gasteiger partial charge in [-0.1, -0.05) is 25.2 Å². The number of likely N-dealkylation sites (tertiary alicyclic amines) is 1. The Bertz CT molecular complexity index is 210. The Hall–Kier alpha value is -0.700. The summed E-state index contributed by atoms with van der Waals surface area (Å²) in [5, 5.41) is 0. The minimum absolute atomic E-state index is 0.00435. The molecule has 0 radical (unpaired) electrons. The van der Waals surface area contributed by atoms with Crippen LogP contribution in [0.5, 0.6) is 0 Å². The third-order valence-electron chi connectivity index (χ3n) is 1.60. The fraction of sp³-hybridized carbons (Fsp3) is 0.500. The summed E-state index contributed by atoms with van der Waals surface area (Å²) in [6.07, 6.45) is 5.48. The fourth-order valence-electron chi connectivity index (χ4n) is 0.966. The summed E-state index contributed by atoms with van der Waals surface area (Å²) in [5.74, 6) is 0.00435. The molecule has 0 aromatic rings. The molecule has 1 rings (SSSR count). The van der Waals surface area contributed by atoms with Gasteiger partial charge in [0.2, 0.25) is 0 Å². The van der Waals surface area contributed by atoms with Crippen molar-refractivity contribution in [3.05, 3.63) is 12.3 Å². The van der Waals surface area contributed by atoms with E-state index in [4.69, 9.17) is 12.2 Å². The molecule has 0 aliphatic carbocycles. The number of rotatable bonds is 2. The van der Waals surface area contributed by atoms with Crippen molar-refractivity contribution in [1.29, 1.82) is 0 Å². The topological polar surface area (TPSA) is 20.3 Å². The predicted octanol–water partition coefficient (Wildman–Crippen LogP) is 1.51. The van der Waals surface area contributed by atoms with Gasteiger partial charge in [-0.3, -0.25) is 4.79 Å². The van der Waals surface area contributed by atoms with Gasteiger partial charge in [-0.05, 0) is 6.42 Å². The lowest BCUT2D eigenvalue weighted by molar-refractivity contribution is -0.120. The SMILES string of the molecule is CCC=CN1CCC(=S)C1=O. The largest absolute Gasteiger partial charge is 0.315 e. The van der Waals surface area contributed by atoms with Crippen molar-refractivity contribution in [1.82, 2.24) is 4.90 Å². The van der Waals surface area contributed by atoms with E-state index < -0.39 is 0 Å². The van der Waals surface area contributed by atoms with E-state index in [0.29, 0.717) is 4.86 Å². The highest BCUT2D eigenvalue weighted by Crippen LogP contribution is 2.08. The van der Waals surface area contributed by atoms with Gasteiger partial charge < -0.3 is 4.90 Å². The molecule has 1 saturated heterocycles. The lowest BCUT2D eigenvalue weighted by Gasteiger charge is -2.06. The predicted molar refractivity (Wildman–Crippen MR) is 48.4 cm³/mol. The van der Waals surface area contributed by atoms with Crippen LogP contribution in [-0.4, -0.2) is 22.2 Å². The Labute approximate surface area is 71.9 Å². The Morgan fingerprint density at radius 3 is 2.91 bits per heavy atom.